The van der Waals surface area contributed by atoms with E-state index in [0.29, 0.717) is 36.4 Å². The zero-order valence-corrected chi connectivity index (χ0v) is 14.9. The van der Waals surface area contributed by atoms with Gasteiger partial charge in [0.2, 0.25) is 5.91 Å². The maximum atomic E-state index is 12.7. The zero-order chi connectivity index (χ0) is 18.1. The van der Waals surface area contributed by atoms with Crippen molar-refractivity contribution in [2.75, 3.05) is 26.2 Å². The summed E-state index contributed by atoms with van der Waals surface area (Å²) in [4.78, 5) is 39.2. The minimum absolute atomic E-state index is 0.0186. The average molecular weight is 361 g/mol. The van der Waals surface area contributed by atoms with Crippen LogP contribution in [0.4, 0.5) is 5.69 Å². The molecule has 2 amide bonds. The smallest absolute Gasteiger partial charge is 0.270 e. The first-order chi connectivity index (χ1) is 11.9. The van der Waals surface area contributed by atoms with Crippen LogP contribution < -0.4 is 0 Å². The SMILES string of the molecule is CC(C)C(=O)N1CCN(C(=O)c2cc3cc([N+](=O)[O-])ccc3s2)CC1. The molecule has 2 heterocycles. The number of carbonyl (C=O) groups excluding carboxylic acids is 2. The third-order valence-corrected chi connectivity index (χ3v) is 5.40. The number of nitrogens with zero attached hydrogens (tertiary/aromatic N) is 3. The van der Waals surface area contributed by atoms with Crippen LogP contribution >= 0.6 is 11.3 Å². The first-order valence-corrected chi connectivity index (χ1v) is 8.94. The summed E-state index contributed by atoms with van der Waals surface area (Å²) in [6.07, 6.45) is 0. The van der Waals surface area contributed by atoms with Crippen molar-refractivity contribution >= 4 is 38.9 Å². The molecule has 0 unspecified atom stereocenters. The number of nitro benzene ring substituents is 1. The van der Waals surface area contributed by atoms with Crippen LogP contribution in [0.2, 0.25) is 0 Å². The maximum Gasteiger partial charge on any atom is 0.270 e. The molecule has 8 heteroatoms. The van der Waals surface area contributed by atoms with Crippen LogP contribution in [0.1, 0.15) is 23.5 Å². The number of amides is 2. The Morgan fingerprint density at radius 3 is 2.36 bits per heavy atom. The predicted molar refractivity (Wildman–Crippen MR) is 95.8 cm³/mol. The standard InChI is InChI=1S/C17H19N3O4S/c1-11(2)16(21)18-5-7-19(8-6-18)17(22)15-10-12-9-13(20(23)24)3-4-14(12)25-15/h3-4,9-11H,5-8H2,1-2H3. The number of thiophene rings is 1. The summed E-state index contributed by atoms with van der Waals surface area (Å²) < 4.78 is 0.850. The normalized spacial score (nSPS) is 15.0. The highest BCUT2D eigenvalue weighted by Gasteiger charge is 2.26. The molecule has 0 atom stereocenters. The van der Waals surface area contributed by atoms with Gasteiger partial charge in [-0.05, 0) is 12.1 Å². The van der Waals surface area contributed by atoms with Gasteiger partial charge in [-0.15, -0.1) is 11.3 Å². The Labute approximate surface area is 149 Å². The molecule has 7 nitrogen and oxygen atoms in total. The van der Waals surface area contributed by atoms with Gasteiger partial charge in [0.05, 0.1) is 9.80 Å². The summed E-state index contributed by atoms with van der Waals surface area (Å²) in [7, 11) is 0. The van der Waals surface area contributed by atoms with Crippen molar-refractivity contribution in [3.63, 3.8) is 0 Å². The fourth-order valence-electron chi connectivity index (χ4n) is 2.90. The first-order valence-electron chi connectivity index (χ1n) is 8.13. The molecule has 25 heavy (non-hydrogen) atoms. The highest BCUT2D eigenvalue weighted by Crippen LogP contribution is 2.30. The second kappa shape index (κ2) is 6.79. The van der Waals surface area contributed by atoms with Gasteiger partial charge in [-0.3, -0.25) is 19.7 Å². The Hall–Kier alpha value is -2.48. The lowest BCUT2D eigenvalue weighted by Crippen LogP contribution is -2.51. The third kappa shape index (κ3) is 3.48. The van der Waals surface area contributed by atoms with Crippen molar-refractivity contribution in [1.29, 1.82) is 0 Å². The van der Waals surface area contributed by atoms with Crippen molar-refractivity contribution in [3.05, 3.63) is 39.3 Å². The summed E-state index contributed by atoms with van der Waals surface area (Å²) in [5.74, 6) is -0.0117. The summed E-state index contributed by atoms with van der Waals surface area (Å²) in [5.41, 5.74) is 0.0186. The molecule has 1 fully saturated rings. The topological polar surface area (TPSA) is 83.8 Å². The van der Waals surface area contributed by atoms with E-state index in [1.807, 2.05) is 13.8 Å². The van der Waals surface area contributed by atoms with Crippen LogP contribution in [0, 0.1) is 16.0 Å². The van der Waals surface area contributed by atoms with Gasteiger partial charge in [0.1, 0.15) is 0 Å². The lowest BCUT2D eigenvalue weighted by molar-refractivity contribution is -0.384. The van der Waals surface area contributed by atoms with E-state index >= 15 is 0 Å². The average Bonchev–Trinajstić information content (AvgIpc) is 3.03. The molecule has 0 saturated carbocycles. The molecular weight excluding hydrogens is 342 g/mol. The Morgan fingerprint density at radius 2 is 1.76 bits per heavy atom. The summed E-state index contributed by atoms with van der Waals surface area (Å²) in [5, 5.41) is 11.6. The number of non-ortho nitro benzene ring substituents is 1. The van der Waals surface area contributed by atoms with E-state index in [4.69, 9.17) is 0 Å². The van der Waals surface area contributed by atoms with Crippen molar-refractivity contribution < 1.29 is 14.5 Å². The second-order valence-corrected chi connectivity index (χ2v) is 7.45. The summed E-state index contributed by atoms with van der Waals surface area (Å²) in [6.45, 7) is 5.84. The van der Waals surface area contributed by atoms with Crippen LogP contribution in [0.5, 0.6) is 0 Å². The Balaban J connectivity index is 1.72. The van der Waals surface area contributed by atoms with E-state index in [9.17, 15) is 19.7 Å². The van der Waals surface area contributed by atoms with Gasteiger partial charge < -0.3 is 9.80 Å². The van der Waals surface area contributed by atoms with Crippen LogP contribution in [-0.2, 0) is 4.79 Å². The predicted octanol–water partition coefficient (Wildman–Crippen LogP) is 2.75. The van der Waals surface area contributed by atoms with E-state index in [1.54, 1.807) is 21.9 Å². The molecule has 1 aromatic carbocycles. The number of rotatable bonds is 3. The number of piperazine rings is 1. The zero-order valence-electron chi connectivity index (χ0n) is 14.1. The number of hydrogen-bond donors (Lipinski definition) is 0. The minimum atomic E-state index is -0.441. The fourth-order valence-corrected chi connectivity index (χ4v) is 3.91. The van der Waals surface area contributed by atoms with Gasteiger partial charge in [0.25, 0.3) is 11.6 Å². The van der Waals surface area contributed by atoms with Gasteiger partial charge in [0, 0.05) is 54.3 Å². The molecule has 0 N–H and O–H groups in total. The number of hydrogen-bond acceptors (Lipinski definition) is 5. The van der Waals surface area contributed by atoms with Gasteiger partial charge in [-0.1, -0.05) is 13.8 Å². The highest BCUT2D eigenvalue weighted by molar-refractivity contribution is 7.20. The molecule has 0 bridgehead atoms. The van der Waals surface area contributed by atoms with Crippen LogP contribution in [-0.4, -0.2) is 52.7 Å². The van der Waals surface area contributed by atoms with Gasteiger partial charge in [-0.25, -0.2) is 0 Å². The quantitative estimate of drug-likeness (QED) is 0.621. The number of fused-ring (bicyclic) bond motifs is 1. The summed E-state index contributed by atoms with van der Waals surface area (Å²) >= 11 is 1.34. The van der Waals surface area contributed by atoms with Crippen molar-refractivity contribution in [1.82, 2.24) is 9.80 Å². The largest absolute Gasteiger partial charge is 0.339 e. The van der Waals surface area contributed by atoms with Gasteiger partial charge >= 0.3 is 0 Å². The molecule has 1 saturated heterocycles. The Kier molecular flexibility index (Phi) is 4.71. The monoisotopic (exact) mass is 361 g/mol. The minimum Gasteiger partial charge on any atom is -0.339 e. The molecule has 0 spiro atoms. The number of nitro groups is 1. The molecule has 3 rings (SSSR count). The third-order valence-electron chi connectivity index (χ3n) is 4.29. The van der Waals surface area contributed by atoms with Crippen molar-refractivity contribution in [2.24, 2.45) is 5.92 Å². The van der Waals surface area contributed by atoms with Crippen LogP contribution in [0.15, 0.2) is 24.3 Å². The fraction of sp³-hybridized carbons (Fsp3) is 0.412. The Bertz CT molecular complexity index is 838. The second-order valence-electron chi connectivity index (χ2n) is 6.36. The molecule has 1 aliphatic heterocycles. The van der Waals surface area contributed by atoms with Gasteiger partial charge in [-0.2, -0.15) is 0 Å². The molecule has 0 radical (unpaired) electrons. The molecule has 1 aliphatic rings. The van der Waals surface area contributed by atoms with Crippen LogP contribution in [0.3, 0.4) is 0 Å². The van der Waals surface area contributed by atoms with Crippen molar-refractivity contribution in [2.45, 2.75) is 13.8 Å². The molecule has 2 aromatic rings. The highest BCUT2D eigenvalue weighted by atomic mass is 32.1. The van der Waals surface area contributed by atoms with Crippen molar-refractivity contribution in [3.8, 4) is 0 Å². The molecule has 0 aliphatic carbocycles. The van der Waals surface area contributed by atoms with E-state index in [2.05, 4.69) is 0 Å². The van der Waals surface area contributed by atoms with Gasteiger partial charge in [0.15, 0.2) is 0 Å². The van der Waals surface area contributed by atoms with Crippen LogP contribution in [0.25, 0.3) is 10.1 Å². The lowest BCUT2D eigenvalue weighted by atomic mass is 10.1. The Morgan fingerprint density at radius 1 is 1.12 bits per heavy atom. The summed E-state index contributed by atoms with van der Waals surface area (Å²) in [6, 6.07) is 6.32. The molecular formula is C17H19N3O4S. The number of carbonyl (C=O) groups is 2. The van der Waals surface area contributed by atoms with E-state index < -0.39 is 4.92 Å². The van der Waals surface area contributed by atoms with E-state index in [1.165, 1.54) is 23.5 Å². The van der Waals surface area contributed by atoms with E-state index in [0.717, 1.165) is 4.70 Å². The molecule has 132 valence electrons. The first kappa shape index (κ1) is 17.3. The number of benzene rings is 1. The molecule has 1 aromatic heterocycles. The maximum absolute atomic E-state index is 12.7. The van der Waals surface area contributed by atoms with E-state index in [-0.39, 0.29) is 23.4 Å². The lowest BCUT2D eigenvalue weighted by Gasteiger charge is -2.35.